The van der Waals surface area contributed by atoms with Crippen LogP contribution in [0.3, 0.4) is 0 Å². The van der Waals surface area contributed by atoms with Crippen LogP contribution in [0.4, 0.5) is 4.39 Å². The quantitative estimate of drug-likeness (QED) is 0.692. The third-order valence-electron chi connectivity index (χ3n) is 3.32. The number of hydrogen-bond acceptors (Lipinski definition) is 5. The minimum Gasteiger partial charge on any atom is -0.372 e. The number of aromatic nitrogens is 3. The zero-order valence-electron chi connectivity index (χ0n) is 13.2. The molecule has 0 N–H and O–H groups in total. The van der Waals surface area contributed by atoms with Crippen LogP contribution in [-0.2, 0) is 4.74 Å². The van der Waals surface area contributed by atoms with Crippen LogP contribution >= 0.6 is 0 Å². The lowest BCUT2D eigenvalue weighted by Crippen LogP contribution is -1.95. The van der Waals surface area contributed by atoms with Gasteiger partial charge in [0.1, 0.15) is 17.6 Å². The van der Waals surface area contributed by atoms with E-state index in [9.17, 15) is 4.39 Å². The third-order valence-corrected chi connectivity index (χ3v) is 3.32. The van der Waals surface area contributed by atoms with Crippen molar-refractivity contribution in [2.75, 3.05) is 7.11 Å². The smallest absolute Gasteiger partial charge is 0.255 e. The maximum Gasteiger partial charge on any atom is 0.255 e. The highest BCUT2D eigenvalue weighted by molar-refractivity contribution is 5.54. The Morgan fingerprint density at radius 1 is 1.21 bits per heavy atom. The van der Waals surface area contributed by atoms with E-state index in [1.54, 1.807) is 37.6 Å². The van der Waals surface area contributed by atoms with Crippen molar-refractivity contribution in [3.63, 3.8) is 0 Å². The Kier molecular flexibility index (Phi) is 4.64. The van der Waals surface area contributed by atoms with Gasteiger partial charge < -0.3 is 9.26 Å². The van der Waals surface area contributed by atoms with E-state index in [2.05, 4.69) is 27.0 Å². The predicted octanol–water partition coefficient (Wildman–Crippen LogP) is 3.38. The van der Waals surface area contributed by atoms with E-state index in [4.69, 9.17) is 9.26 Å². The second kappa shape index (κ2) is 7.02. The van der Waals surface area contributed by atoms with Crippen molar-refractivity contribution in [2.45, 2.75) is 13.0 Å². The van der Waals surface area contributed by atoms with Crippen LogP contribution in [0.15, 0.2) is 47.1 Å². The molecular formula is C18H14FN3O2. The molecule has 1 unspecified atom stereocenters. The standard InChI is InChI=1S/C18H14FN3O2/c1-12(23-2)18-21-17(22-24-18)14-7-9-16(20-11-14)8-6-13-4-3-5-15(19)10-13/h3-5,7,9-12H,1-2H3. The molecule has 0 aliphatic carbocycles. The molecule has 0 amide bonds. The van der Waals surface area contributed by atoms with E-state index < -0.39 is 0 Å². The largest absolute Gasteiger partial charge is 0.372 e. The number of ether oxygens (including phenoxy) is 1. The molecule has 5 nitrogen and oxygen atoms in total. The molecule has 1 atom stereocenters. The van der Waals surface area contributed by atoms with Crippen LogP contribution in [0.2, 0.25) is 0 Å². The van der Waals surface area contributed by atoms with Gasteiger partial charge in [-0.25, -0.2) is 9.37 Å². The highest BCUT2D eigenvalue weighted by atomic mass is 19.1. The topological polar surface area (TPSA) is 61.0 Å². The second-order valence-corrected chi connectivity index (χ2v) is 5.03. The molecule has 0 fully saturated rings. The van der Waals surface area contributed by atoms with Gasteiger partial charge in [0.15, 0.2) is 0 Å². The van der Waals surface area contributed by atoms with Crippen LogP contribution in [0.5, 0.6) is 0 Å². The summed E-state index contributed by atoms with van der Waals surface area (Å²) in [6.45, 7) is 1.82. The predicted molar refractivity (Wildman–Crippen MR) is 85.3 cm³/mol. The molecule has 0 bridgehead atoms. The maximum absolute atomic E-state index is 13.1. The van der Waals surface area contributed by atoms with Gasteiger partial charge in [-0.2, -0.15) is 4.98 Å². The first-order valence-electron chi connectivity index (χ1n) is 7.26. The van der Waals surface area contributed by atoms with E-state index in [0.717, 1.165) is 0 Å². The molecule has 0 saturated carbocycles. The second-order valence-electron chi connectivity index (χ2n) is 5.03. The molecule has 0 aliphatic heterocycles. The monoisotopic (exact) mass is 323 g/mol. The number of pyridine rings is 1. The van der Waals surface area contributed by atoms with Gasteiger partial charge in [0, 0.05) is 24.4 Å². The third kappa shape index (κ3) is 3.65. The Labute approximate surface area is 138 Å². The van der Waals surface area contributed by atoms with Gasteiger partial charge in [-0.3, -0.25) is 0 Å². The number of methoxy groups -OCH3 is 1. The van der Waals surface area contributed by atoms with Crippen molar-refractivity contribution in [3.8, 4) is 23.2 Å². The molecule has 0 spiro atoms. The van der Waals surface area contributed by atoms with Gasteiger partial charge >= 0.3 is 0 Å². The van der Waals surface area contributed by atoms with Crippen LogP contribution in [0.1, 0.15) is 30.2 Å². The van der Waals surface area contributed by atoms with Crippen LogP contribution in [0, 0.1) is 17.7 Å². The minimum absolute atomic E-state index is 0.268. The Bertz CT molecular complexity index is 894. The first kappa shape index (κ1) is 15.8. The fourth-order valence-corrected chi connectivity index (χ4v) is 1.92. The summed E-state index contributed by atoms with van der Waals surface area (Å²) in [4.78, 5) is 8.51. The van der Waals surface area contributed by atoms with Gasteiger partial charge in [-0.15, -0.1) is 0 Å². The molecule has 6 heteroatoms. The number of hydrogen-bond donors (Lipinski definition) is 0. The number of benzene rings is 1. The van der Waals surface area contributed by atoms with E-state index in [-0.39, 0.29) is 11.9 Å². The van der Waals surface area contributed by atoms with E-state index in [0.29, 0.717) is 28.5 Å². The lowest BCUT2D eigenvalue weighted by Gasteiger charge is -2.00. The molecule has 3 rings (SSSR count). The molecule has 120 valence electrons. The normalized spacial score (nSPS) is 11.6. The molecule has 1 aromatic carbocycles. The Hall–Kier alpha value is -3.04. The van der Waals surface area contributed by atoms with E-state index in [1.807, 2.05) is 6.92 Å². The first-order chi connectivity index (χ1) is 11.7. The lowest BCUT2D eigenvalue weighted by molar-refractivity contribution is 0.0886. The molecule has 0 radical (unpaired) electrons. The van der Waals surface area contributed by atoms with Gasteiger partial charge in [0.2, 0.25) is 5.82 Å². The summed E-state index contributed by atoms with van der Waals surface area (Å²) >= 11 is 0. The molecule has 3 aromatic rings. The molecule has 0 aliphatic rings. The number of nitrogens with zero attached hydrogens (tertiary/aromatic N) is 3. The summed E-state index contributed by atoms with van der Waals surface area (Å²) in [5.74, 6) is 6.28. The summed E-state index contributed by atoms with van der Waals surface area (Å²) in [7, 11) is 1.57. The Morgan fingerprint density at radius 2 is 2.08 bits per heavy atom. The summed E-state index contributed by atoms with van der Waals surface area (Å²) in [5.41, 5.74) is 1.87. The summed E-state index contributed by atoms with van der Waals surface area (Å²) in [5, 5.41) is 3.90. The van der Waals surface area contributed by atoms with Gasteiger partial charge in [-0.05, 0) is 43.2 Å². The van der Waals surface area contributed by atoms with E-state index >= 15 is 0 Å². The van der Waals surface area contributed by atoms with Gasteiger partial charge in [-0.1, -0.05) is 17.1 Å². The average molecular weight is 323 g/mol. The SMILES string of the molecule is COC(C)c1nc(-c2ccc(C#Cc3cccc(F)c3)nc2)no1. The average Bonchev–Trinajstić information content (AvgIpc) is 3.10. The molecule has 2 aromatic heterocycles. The maximum atomic E-state index is 13.1. The molecule has 0 saturated heterocycles. The zero-order valence-corrected chi connectivity index (χ0v) is 13.2. The number of rotatable bonds is 3. The Morgan fingerprint density at radius 3 is 2.79 bits per heavy atom. The van der Waals surface area contributed by atoms with Crippen molar-refractivity contribution in [2.24, 2.45) is 0 Å². The summed E-state index contributed by atoms with van der Waals surface area (Å²) in [6, 6.07) is 9.65. The van der Waals surface area contributed by atoms with Crippen molar-refractivity contribution in [3.05, 3.63) is 65.6 Å². The number of halogens is 1. The minimum atomic E-state index is -0.316. The zero-order chi connectivity index (χ0) is 16.9. The van der Waals surface area contributed by atoms with Crippen molar-refractivity contribution >= 4 is 0 Å². The molecular weight excluding hydrogens is 309 g/mol. The van der Waals surface area contributed by atoms with Crippen LogP contribution in [-0.4, -0.2) is 22.2 Å². The summed E-state index contributed by atoms with van der Waals surface area (Å²) < 4.78 is 23.4. The summed E-state index contributed by atoms with van der Waals surface area (Å²) in [6.07, 6.45) is 1.34. The van der Waals surface area contributed by atoms with Crippen molar-refractivity contribution in [1.29, 1.82) is 0 Å². The van der Waals surface area contributed by atoms with Crippen LogP contribution in [0.25, 0.3) is 11.4 Å². The molecule has 24 heavy (non-hydrogen) atoms. The highest BCUT2D eigenvalue weighted by Crippen LogP contribution is 2.19. The fraction of sp³-hybridized carbons (Fsp3) is 0.167. The first-order valence-corrected chi connectivity index (χ1v) is 7.26. The Balaban J connectivity index is 1.78. The van der Waals surface area contributed by atoms with Crippen molar-refractivity contribution in [1.82, 2.24) is 15.1 Å². The van der Waals surface area contributed by atoms with E-state index in [1.165, 1.54) is 12.1 Å². The molecule has 2 heterocycles. The van der Waals surface area contributed by atoms with Crippen LogP contribution < -0.4 is 0 Å². The fourth-order valence-electron chi connectivity index (χ4n) is 1.92. The van der Waals surface area contributed by atoms with Gasteiger partial charge in [0.05, 0.1) is 0 Å². The van der Waals surface area contributed by atoms with Gasteiger partial charge in [0.25, 0.3) is 5.89 Å². The lowest BCUT2D eigenvalue weighted by atomic mass is 10.2. The highest BCUT2D eigenvalue weighted by Gasteiger charge is 2.14. The van der Waals surface area contributed by atoms with Crippen molar-refractivity contribution < 1.29 is 13.7 Å².